The third-order valence-corrected chi connectivity index (χ3v) is 3.69. The number of H-pyrrole nitrogens is 1. The number of carbonyl (C=O) groups is 3. The van der Waals surface area contributed by atoms with Crippen LogP contribution in [0, 0.1) is 13.8 Å². The van der Waals surface area contributed by atoms with Crippen molar-refractivity contribution < 1.29 is 19.1 Å². The maximum Gasteiger partial charge on any atom is 0.339 e. The lowest BCUT2D eigenvalue weighted by Gasteiger charge is -2.06. The van der Waals surface area contributed by atoms with Crippen molar-refractivity contribution in [3.05, 3.63) is 52.3 Å². The normalized spacial score (nSPS) is 10.2. The first kappa shape index (κ1) is 17.3. The van der Waals surface area contributed by atoms with Gasteiger partial charge in [0, 0.05) is 24.0 Å². The summed E-state index contributed by atoms with van der Waals surface area (Å²) in [4.78, 5) is 38.6. The predicted molar refractivity (Wildman–Crippen MR) is 89.4 cm³/mol. The van der Waals surface area contributed by atoms with E-state index in [1.165, 1.54) is 7.11 Å². The number of carbonyl (C=O) groups excluding carboxylic acids is 3. The van der Waals surface area contributed by atoms with Crippen LogP contribution in [0.4, 0.5) is 5.69 Å². The molecule has 126 valence electrons. The summed E-state index contributed by atoms with van der Waals surface area (Å²) in [5.41, 5.74) is 2.79. The highest BCUT2D eigenvalue weighted by Gasteiger charge is 2.22. The zero-order valence-electron chi connectivity index (χ0n) is 13.9. The smallest absolute Gasteiger partial charge is 0.339 e. The second-order valence-electron chi connectivity index (χ2n) is 5.23. The summed E-state index contributed by atoms with van der Waals surface area (Å²) in [6, 6.07) is 6.49. The largest absolute Gasteiger partial charge is 0.465 e. The summed E-state index contributed by atoms with van der Waals surface area (Å²) in [5.74, 6) is -1.07. The van der Waals surface area contributed by atoms with Crippen LogP contribution in [0.5, 0.6) is 0 Å². The van der Waals surface area contributed by atoms with Crippen molar-refractivity contribution in [1.29, 1.82) is 0 Å². The third-order valence-electron chi connectivity index (χ3n) is 3.69. The molecule has 0 unspecified atom stereocenters. The second-order valence-corrected chi connectivity index (χ2v) is 5.23. The van der Waals surface area contributed by atoms with E-state index < -0.39 is 5.97 Å². The molecule has 0 saturated heterocycles. The molecule has 0 atom stereocenters. The Kier molecular flexibility index (Phi) is 5.03. The molecule has 0 saturated carbocycles. The van der Waals surface area contributed by atoms with Crippen LogP contribution in [0.3, 0.4) is 0 Å². The molecule has 7 heteroatoms. The quantitative estimate of drug-likeness (QED) is 0.747. The van der Waals surface area contributed by atoms with Crippen LogP contribution < -0.4 is 10.6 Å². The maximum atomic E-state index is 12.4. The van der Waals surface area contributed by atoms with E-state index in [1.54, 1.807) is 45.2 Å². The molecule has 7 nitrogen and oxygen atoms in total. The fraction of sp³-hybridized carbons (Fsp3) is 0.235. The van der Waals surface area contributed by atoms with Gasteiger partial charge < -0.3 is 20.4 Å². The van der Waals surface area contributed by atoms with Gasteiger partial charge >= 0.3 is 5.97 Å². The molecule has 1 aromatic carbocycles. The monoisotopic (exact) mass is 329 g/mol. The van der Waals surface area contributed by atoms with Crippen molar-refractivity contribution in [3.8, 4) is 0 Å². The number of ether oxygens (including phenoxy) is 1. The molecule has 2 amide bonds. The number of hydrogen-bond donors (Lipinski definition) is 3. The first-order chi connectivity index (χ1) is 11.4. The van der Waals surface area contributed by atoms with Crippen molar-refractivity contribution in [2.75, 3.05) is 19.5 Å². The summed E-state index contributed by atoms with van der Waals surface area (Å²) < 4.78 is 4.73. The number of aromatic amines is 1. The van der Waals surface area contributed by atoms with Crippen LogP contribution in [0.25, 0.3) is 0 Å². The van der Waals surface area contributed by atoms with Crippen LogP contribution in [0.15, 0.2) is 24.3 Å². The van der Waals surface area contributed by atoms with Gasteiger partial charge in [-0.1, -0.05) is 0 Å². The van der Waals surface area contributed by atoms with Gasteiger partial charge in [-0.25, -0.2) is 4.79 Å². The summed E-state index contributed by atoms with van der Waals surface area (Å²) in [6.07, 6.45) is 0. The lowest BCUT2D eigenvalue weighted by Crippen LogP contribution is -2.18. The second kappa shape index (κ2) is 6.99. The number of aromatic nitrogens is 1. The number of esters is 1. The van der Waals surface area contributed by atoms with Crippen molar-refractivity contribution >= 4 is 23.5 Å². The topological polar surface area (TPSA) is 100 Å². The molecule has 2 aromatic rings. The maximum absolute atomic E-state index is 12.4. The van der Waals surface area contributed by atoms with Gasteiger partial charge in [-0.05, 0) is 43.7 Å². The van der Waals surface area contributed by atoms with E-state index in [1.807, 2.05) is 0 Å². The molecular formula is C17H19N3O4. The Hall–Kier alpha value is -3.09. The number of hydrogen-bond acceptors (Lipinski definition) is 4. The molecule has 0 aliphatic heterocycles. The molecule has 1 aromatic heterocycles. The molecule has 0 spiro atoms. The number of methoxy groups -OCH3 is 1. The molecule has 24 heavy (non-hydrogen) atoms. The number of benzene rings is 1. The van der Waals surface area contributed by atoms with E-state index in [-0.39, 0.29) is 11.8 Å². The van der Waals surface area contributed by atoms with Gasteiger partial charge in [-0.2, -0.15) is 0 Å². The fourth-order valence-electron chi connectivity index (χ4n) is 2.43. The van der Waals surface area contributed by atoms with Crippen LogP contribution >= 0.6 is 0 Å². The number of anilines is 1. The van der Waals surface area contributed by atoms with E-state index in [0.717, 1.165) is 0 Å². The molecule has 0 radical (unpaired) electrons. The minimum atomic E-state index is -0.491. The minimum absolute atomic E-state index is 0.202. The summed E-state index contributed by atoms with van der Waals surface area (Å²) >= 11 is 0. The van der Waals surface area contributed by atoms with Gasteiger partial charge in [0.05, 0.1) is 12.7 Å². The van der Waals surface area contributed by atoms with Crippen molar-refractivity contribution in [2.45, 2.75) is 13.8 Å². The Bertz CT molecular complexity index is 791. The van der Waals surface area contributed by atoms with Crippen LogP contribution in [0.1, 0.15) is 42.5 Å². The Morgan fingerprint density at radius 2 is 1.67 bits per heavy atom. The Balaban J connectivity index is 2.21. The average molecular weight is 329 g/mol. The fourth-order valence-corrected chi connectivity index (χ4v) is 2.43. The molecule has 0 bridgehead atoms. The highest BCUT2D eigenvalue weighted by molar-refractivity contribution is 6.07. The number of rotatable bonds is 4. The lowest BCUT2D eigenvalue weighted by molar-refractivity contribution is 0.0599. The molecule has 0 aliphatic rings. The van der Waals surface area contributed by atoms with Crippen LogP contribution in [0.2, 0.25) is 0 Å². The van der Waals surface area contributed by atoms with Crippen LogP contribution in [-0.4, -0.2) is 36.9 Å². The third kappa shape index (κ3) is 3.29. The highest BCUT2D eigenvalue weighted by atomic mass is 16.5. The summed E-state index contributed by atoms with van der Waals surface area (Å²) in [5, 5.41) is 5.25. The van der Waals surface area contributed by atoms with E-state index in [4.69, 9.17) is 4.74 Å². The van der Waals surface area contributed by atoms with E-state index in [9.17, 15) is 14.4 Å². The minimum Gasteiger partial charge on any atom is -0.465 e. The number of amides is 2. The van der Waals surface area contributed by atoms with Gasteiger partial charge in [-0.15, -0.1) is 0 Å². The molecule has 0 aliphatic carbocycles. The lowest BCUT2D eigenvalue weighted by atomic mass is 10.1. The van der Waals surface area contributed by atoms with Crippen molar-refractivity contribution in [3.63, 3.8) is 0 Å². The number of nitrogens with one attached hydrogen (secondary N) is 3. The van der Waals surface area contributed by atoms with Gasteiger partial charge in [0.1, 0.15) is 5.69 Å². The summed E-state index contributed by atoms with van der Waals surface area (Å²) in [6.45, 7) is 3.38. The first-order valence-corrected chi connectivity index (χ1v) is 7.30. The van der Waals surface area contributed by atoms with Gasteiger partial charge in [-0.3, -0.25) is 9.59 Å². The zero-order chi connectivity index (χ0) is 17.9. The SMILES string of the molecule is CNC(=O)c1ccc(NC(=O)c2[nH]c(C)c(C(=O)OC)c2C)cc1. The Morgan fingerprint density at radius 1 is 1.04 bits per heavy atom. The number of aryl methyl sites for hydroxylation is 1. The van der Waals surface area contributed by atoms with Gasteiger partial charge in [0.15, 0.2) is 0 Å². The Labute approximate surface area is 139 Å². The standard InChI is InChI=1S/C17H19N3O4/c1-9-13(17(23)24-4)10(2)19-14(9)16(22)20-12-7-5-11(6-8-12)15(21)18-3/h5-8,19H,1-4H3,(H,18,21)(H,20,22). The van der Waals surface area contributed by atoms with Crippen molar-refractivity contribution in [1.82, 2.24) is 10.3 Å². The Morgan fingerprint density at radius 3 is 2.21 bits per heavy atom. The van der Waals surface area contributed by atoms with Gasteiger partial charge in [0.2, 0.25) is 0 Å². The van der Waals surface area contributed by atoms with Crippen molar-refractivity contribution in [2.24, 2.45) is 0 Å². The molecule has 0 fully saturated rings. The first-order valence-electron chi connectivity index (χ1n) is 7.30. The van der Waals surface area contributed by atoms with Gasteiger partial charge in [0.25, 0.3) is 11.8 Å². The highest BCUT2D eigenvalue weighted by Crippen LogP contribution is 2.20. The molecular weight excluding hydrogens is 310 g/mol. The van der Waals surface area contributed by atoms with E-state index in [2.05, 4.69) is 15.6 Å². The molecule has 2 rings (SSSR count). The predicted octanol–water partition coefficient (Wildman–Crippen LogP) is 2.03. The average Bonchev–Trinajstić information content (AvgIpc) is 2.88. The van der Waals surface area contributed by atoms with E-state index >= 15 is 0 Å². The summed E-state index contributed by atoms with van der Waals surface area (Å²) in [7, 11) is 2.84. The van der Waals surface area contributed by atoms with Crippen LogP contribution in [-0.2, 0) is 4.74 Å². The molecule has 3 N–H and O–H groups in total. The zero-order valence-corrected chi connectivity index (χ0v) is 13.9. The molecule has 1 heterocycles. The van der Waals surface area contributed by atoms with E-state index in [0.29, 0.717) is 33.8 Å².